The molecule has 0 aliphatic rings. The van der Waals surface area contributed by atoms with E-state index in [1.54, 1.807) is 6.20 Å². The summed E-state index contributed by atoms with van der Waals surface area (Å²) in [5.41, 5.74) is 2.99. The number of aryl methyl sites for hydroxylation is 1. The maximum absolute atomic E-state index is 5.92. The van der Waals surface area contributed by atoms with Crippen LogP contribution in [0.4, 0.5) is 0 Å². The molecule has 3 aromatic rings. The van der Waals surface area contributed by atoms with Crippen LogP contribution in [0.15, 0.2) is 41.4 Å². The van der Waals surface area contributed by atoms with Crippen molar-refractivity contribution >= 4 is 21.6 Å². The summed E-state index contributed by atoms with van der Waals surface area (Å²) in [5, 5.41) is 0. The van der Waals surface area contributed by atoms with Crippen LogP contribution in [0, 0.1) is 13.8 Å². The molecule has 3 rings (SSSR count). The molecule has 0 saturated heterocycles. The molecule has 96 valence electrons. The van der Waals surface area contributed by atoms with E-state index in [2.05, 4.69) is 38.9 Å². The zero-order chi connectivity index (χ0) is 13.4. The van der Waals surface area contributed by atoms with Gasteiger partial charge in [-0.15, -0.1) is 0 Å². The topological polar surface area (TPSA) is 39.4 Å². The first-order valence-electron chi connectivity index (χ1n) is 5.88. The minimum Gasteiger partial charge on any atom is -0.436 e. The van der Waals surface area contributed by atoms with Gasteiger partial charge in [-0.1, -0.05) is 12.1 Å². The Morgan fingerprint density at radius 3 is 2.95 bits per heavy atom. The minimum atomic E-state index is 0.494. The summed E-state index contributed by atoms with van der Waals surface area (Å²) in [6.45, 7) is 4.09. The minimum absolute atomic E-state index is 0.494. The van der Waals surface area contributed by atoms with Gasteiger partial charge in [-0.25, -0.2) is 9.97 Å². The second-order valence-electron chi connectivity index (χ2n) is 4.33. The van der Waals surface area contributed by atoms with Crippen molar-refractivity contribution in [3.63, 3.8) is 0 Å². The third-order valence-electron chi connectivity index (χ3n) is 3.08. The molecule has 0 spiro atoms. The maximum atomic E-state index is 5.92. The molecule has 19 heavy (non-hydrogen) atoms. The van der Waals surface area contributed by atoms with Crippen molar-refractivity contribution in [2.45, 2.75) is 13.8 Å². The molecule has 0 bridgehead atoms. The zero-order valence-electron chi connectivity index (χ0n) is 10.6. The quantitative estimate of drug-likeness (QED) is 0.719. The second-order valence-corrected chi connectivity index (χ2v) is 5.14. The number of imidazole rings is 1. The van der Waals surface area contributed by atoms with Crippen LogP contribution in [0.1, 0.15) is 11.1 Å². The second kappa shape index (κ2) is 4.66. The Labute approximate surface area is 119 Å². The van der Waals surface area contributed by atoms with E-state index in [1.165, 1.54) is 5.56 Å². The Bertz CT molecular complexity index is 752. The molecular weight excluding hydrogens is 306 g/mol. The summed E-state index contributed by atoms with van der Waals surface area (Å²) in [6, 6.07) is 5.96. The van der Waals surface area contributed by atoms with Crippen molar-refractivity contribution in [3.05, 3.63) is 52.5 Å². The highest BCUT2D eigenvalue weighted by atomic mass is 79.9. The molecule has 0 unspecified atom stereocenters. The fourth-order valence-electron chi connectivity index (χ4n) is 1.88. The summed E-state index contributed by atoms with van der Waals surface area (Å²) in [7, 11) is 0. The average molecular weight is 318 g/mol. The van der Waals surface area contributed by atoms with Crippen molar-refractivity contribution in [2.75, 3.05) is 0 Å². The third kappa shape index (κ3) is 2.21. The van der Waals surface area contributed by atoms with Gasteiger partial charge in [0.05, 0.1) is 0 Å². The number of ether oxygens (including phenoxy) is 1. The average Bonchev–Trinajstić information content (AvgIpc) is 2.83. The number of hydrogen-bond acceptors (Lipinski definition) is 3. The fraction of sp³-hybridized carbons (Fsp3) is 0.143. The number of nitrogens with zero attached hydrogens (tertiary/aromatic N) is 3. The van der Waals surface area contributed by atoms with Crippen molar-refractivity contribution in [3.8, 4) is 11.6 Å². The summed E-state index contributed by atoms with van der Waals surface area (Å²) >= 11 is 3.37. The molecule has 5 heteroatoms. The highest BCUT2D eigenvalue weighted by molar-refractivity contribution is 9.10. The first-order chi connectivity index (χ1) is 9.15. The van der Waals surface area contributed by atoms with Crippen LogP contribution in [0.5, 0.6) is 11.6 Å². The lowest BCUT2D eigenvalue weighted by atomic mass is 10.1. The summed E-state index contributed by atoms with van der Waals surface area (Å²) < 4.78 is 8.50. The van der Waals surface area contributed by atoms with Gasteiger partial charge in [0.15, 0.2) is 0 Å². The molecule has 1 aromatic carbocycles. The third-order valence-corrected chi connectivity index (χ3v) is 3.46. The van der Waals surface area contributed by atoms with Crippen LogP contribution >= 0.6 is 15.9 Å². The maximum Gasteiger partial charge on any atom is 0.264 e. The lowest BCUT2D eigenvalue weighted by molar-refractivity contribution is 0.460. The molecule has 2 aromatic heterocycles. The Kier molecular flexibility index (Phi) is 2.98. The summed E-state index contributed by atoms with van der Waals surface area (Å²) in [5.74, 6) is 1.29. The predicted octanol–water partition coefficient (Wildman–Crippen LogP) is 3.90. The first-order valence-corrected chi connectivity index (χ1v) is 6.68. The molecule has 0 aliphatic heterocycles. The van der Waals surface area contributed by atoms with Crippen LogP contribution in [0.2, 0.25) is 0 Å². The Morgan fingerprint density at radius 1 is 1.26 bits per heavy atom. The lowest BCUT2D eigenvalue weighted by Gasteiger charge is -2.10. The molecule has 0 N–H and O–H groups in total. The number of aromatic nitrogens is 3. The van der Waals surface area contributed by atoms with Crippen LogP contribution in [-0.4, -0.2) is 14.4 Å². The van der Waals surface area contributed by atoms with Gasteiger partial charge in [-0.2, -0.15) is 0 Å². The van der Waals surface area contributed by atoms with Gasteiger partial charge in [-0.05, 0) is 47.0 Å². The van der Waals surface area contributed by atoms with Crippen LogP contribution in [0.3, 0.4) is 0 Å². The van der Waals surface area contributed by atoms with Gasteiger partial charge < -0.3 is 4.74 Å². The number of benzene rings is 1. The summed E-state index contributed by atoms with van der Waals surface area (Å²) in [6.07, 6.45) is 5.43. The van der Waals surface area contributed by atoms with E-state index in [4.69, 9.17) is 4.74 Å². The summed E-state index contributed by atoms with van der Waals surface area (Å²) in [4.78, 5) is 8.61. The molecule has 0 aliphatic carbocycles. The Balaban J connectivity index is 2.10. The van der Waals surface area contributed by atoms with Crippen LogP contribution in [0.25, 0.3) is 5.65 Å². The van der Waals surface area contributed by atoms with Gasteiger partial charge in [0, 0.05) is 18.6 Å². The highest BCUT2D eigenvalue weighted by Crippen LogP contribution is 2.28. The fourth-order valence-corrected chi connectivity index (χ4v) is 2.26. The Morgan fingerprint density at radius 2 is 2.11 bits per heavy atom. The van der Waals surface area contributed by atoms with E-state index >= 15 is 0 Å². The SMILES string of the molecule is Cc1cccc(Oc2nc(Br)cn3ccnc23)c1C. The van der Waals surface area contributed by atoms with Crippen molar-refractivity contribution in [1.82, 2.24) is 14.4 Å². The predicted molar refractivity (Wildman–Crippen MR) is 76.7 cm³/mol. The van der Waals surface area contributed by atoms with Crippen LogP contribution in [-0.2, 0) is 0 Å². The molecule has 0 radical (unpaired) electrons. The van der Waals surface area contributed by atoms with Crippen LogP contribution < -0.4 is 4.74 Å². The van der Waals surface area contributed by atoms with Crippen molar-refractivity contribution in [1.29, 1.82) is 0 Å². The lowest BCUT2D eigenvalue weighted by Crippen LogP contribution is -1.96. The highest BCUT2D eigenvalue weighted by Gasteiger charge is 2.10. The van der Waals surface area contributed by atoms with Gasteiger partial charge in [0.1, 0.15) is 10.4 Å². The van der Waals surface area contributed by atoms with Gasteiger partial charge in [-0.3, -0.25) is 4.40 Å². The zero-order valence-corrected chi connectivity index (χ0v) is 12.2. The van der Waals surface area contributed by atoms with E-state index in [0.717, 1.165) is 11.3 Å². The number of halogens is 1. The van der Waals surface area contributed by atoms with E-state index in [-0.39, 0.29) is 0 Å². The number of hydrogen-bond donors (Lipinski definition) is 0. The molecule has 0 amide bonds. The largest absolute Gasteiger partial charge is 0.436 e. The van der Waals surface area contributed by atoms with Gasteiger partial charge >= 0.3 is 0 Å². The standard InChI is InChI=1S/C14H12BrN3O/c1-9-4-3-5-11(10(9)2)19-14-13-16-6-7-18(13)8-12(15)17-14/h3-8H,1-2H3. The molecular formula is C14H12BrN3O. The molecule has 0 fully saturated rings. The number of fused-ring (bicyclic) bond motifs is 1. The van der Waals surface area contributed by atoms with Crippen molar-refractivity contribution in [2.24, 2.45) is 0 Å². The van der Waals surface area contributed by atoms with E-state index in [0.29, 0.717) is 16.1 Å². The Hall–Kier alpha value is -1.88. The van der Waals surface area contributed by atoms with E-state index in [1.807, 2.05) is 35.9 Å². The molecule has 2 heterocycles. The first kappa shape index (κ1) is 12.2. The van der Waals surface area contributed by atoms with E-state index < -0.39 is 0 Å². The normalized spacial score (nSPS) is 10.9. The van der Waals surface area contributed by atoms with Gasteiger partial charge in [0.2, 0.25) is 5.65 Å². The van der Waals surface area contributed by atoms with E-state index in [9.17, 15) is 0 Å². The molecule has 4 nitrogen and oxygen atoms in total. The number of rotatable bonds is 2. The molecule has 0 atom stereocenters. The van der Waals surface area contributed by atoms with Crippen molar-refractivity contribution < 1.29 is 4.74 Å². The van der Waals surface area contributed by atoms with Gasteiger partial charge in [0.25, 0.3) is 5.88 Å². The smallest absolute Gasteiger partial charge is 0.264 e. The molecule has 0 saturated carbocycles. The monoisotopic (exact) mass is 317 g/mol.